The molecule has 0 spiro atoms. The maximum atomic E-state index is 9.52. The van der Waals surface area contributed by atoms with Gasteiger partial charge in [0.1, 0.15) is 0 Å². The first-order chi connectivity index (χ1) is 4.81. The number of hydrogen-bond acceptors (Lipinski definition) is 1. The van der Waals surface area contributed by atoms with Crippen molar-refractivity contribution < 1.29 is 5.11 Å². The van der Waals surface area contributed by atoms with Crippen LogP contribution in [-0.4, -0.2) is 11.2 Å². The van der Waals surface area contributed by atoms with Crippen molar-refractivity contribution in [3.63, 3.8) is 0 Å². The number of aliphatic hydroxyl groups is 1. The van der Waals surface area contributed by atoms with Gasteiger partial charge in [-0.1, -0.05) is 13.3 Å². The van der Waals surface area contributed by atoms with E-state index < -0.39 is 0 Å². The Morgan fingerprint density at radius 3 is 2.50 bits per heavy atom. The molecule has 1 heteroatoms. The Morgan fingerprint density at radius 1 is 1.30 bits per heavy atom. The van der Waals surface area contributed by atoms with E-state index in [1.807, 2.05) is 0 Å². The zero-order valence-corrected chi connectivity index (χ0v) is 6.59. The average Bonchev–Trinajstić information content (AvgIpc) is 2.44. The van der Waals surface area contributed by atoms with E-state index in [9.17, 15) is 5.11 Å². The van der Waals surface area contributed by atoms with E-state index in [0.29, 0.717) is 5.92 Å². The van der Waals surface area contributed by atoms with Crippen LogP contribution in [0.2, 0.25) is 0 Å². The minimum Gasteiger partial charge on any atom is -0.393 e. The second-order valence-corrected chi connectivity index (χ2v) is 3.97. The quantitative estimate of drug-likeness (QED) is 0.589. The van der Waals surface area contributed by atoms with Crippen LogP contribution in [-0.2, 0) is 0 Å². The standard InChI is InChI=1S/C9H16O/c1-2-7-3-6-4-8(7)9(10)5-6/h6-10H,2-5H2,1H3/t6-,7-,8-,9-/m0/s1. The predicted molar refractivity (Wildman–Crippen MR) is 40.6 cm³/mol. The van der Waals surface area contributed by atoms with Crippen LogP contribution >= 0.6 is 0 Å². The van der Waals surface area contributed by atoms with Crippen molar-refractivity contribution in [1.29, 1.82) is 0 Å². The van der Waals surface area contributed by atoms with Crippen molar-refractivity contribution >= 4 is 0 Å². The van der Waals surface area contributed by atoms with Crippen molar-refractivity contribution in [3.8, 4) is 0 Å². The molecule has 2 rings (SSSR count). The molecule has 0 aliphatic heterocycles. The zero-order valence-electron chi connectivity index (χ0n) is 6.59. The second kappa shape index (κ2) is 2.23. The van der Waals surface area contributed by atoms with Crippen molar-refractivity contribution in [2.24, 2.45) is 17.8 Å². The van der Waals surface area contributed by atoms with Crippen LogP contribution in [0.1, 0.15) is 32.6 Å². The molecule has 0 amide bonds. The van der Waals surface area contributed by atoms with Crippen LogP contribution in [0.3, 0.4) is 0 Å². The lowest BCUT2D eigenvalue weighted by molar-refractivity contribution is 0.0796. The van der Waals surface area contributed by atoms with Gasteiger partial charge >= 0.3 is 0 Å². The highest BCUT2D eigenvalue weighted by Crippen LogP contribution is 2.49. The molecule has 0 radical (unpaired) electrons. The molecule has 0 saturated heterocycles. The number of fused-ring (bicyclic) bond motifs is 2. The molecule has 2 fully saturated rings. The molecular weight excluding hydrogens is 124 g/mol. The van der Waals surface area contributed by atoms with Crippen molar-refractivity contribution in [1.82, 2.24) is 0 Å². The van der Waals surface area contributed by atoms with Crippen LogP contribution in [0.15, 0.2) is 0 Å². The maximum Gasteiger partial charge on any atom is 0.0573 e. The first-order valence-corrected chi connectivity index (χ1v) is 4.49. The molecule has 2 aliphatic carbocycles. The summed E-state index contributed by atoms with van der Waals surface area (Å²) in [5.41, 5.74) is 0. The molecule has 4 atom stereocenters. The fraction of sp³-hybridized carbons (Fsp3) is 1.00. The average molecular weight is 140 g/mol. The lowest BCUT2D eigenvalue weighted by atomic mass is 9.85. The summed E-state index contributed by atoms with van der Waals surface area (Å²) in [6.07, 6.45) is 5.15. The van der Waals surface area contributed by atoms with E-state index in [1.54, 1.807) is 0 Å². The van der Waals surface area contributed by atoms with Crippen molar-refractivity contribution in [2.45, 2.75) is 38.7 Å². The topological polar surface area (TPSA) is 20.2 Å². The molecule has 1 N–H and O–H groups in total. The third-order valence-corrected chi connectivity index (χ3v) is 3.44. The number of rotatable bonds is 1. The third kappa shape index (κ3) is 0.800. The summed E-state index contributed by atoms with van der Waals surface area (Å²) in [5.74, 6) is 2.41. The first kappa shape index (κ1) is 6.66. The van der Waals surface area contributed by atoms with E-state index in [-0.39, 0.29) is 6.10 Å². The normalized spacial score (nSPS) is 52.2. The summed E-state index contributed by atoms with van der Waals surface area (Å²) in [6.45, 7) is 2.25. The van der Waals surface area contributed by atoms with Crippen LogP contribution in [0.25, 0.3) is 0 Å². The Kier molecular flexibility index (Phi) is 1.48. The fourth-order valence-corrected chi connectivity index (χ4v) is 2.93. The summed E-state index contributed by atoms with van der Waals surface area (Å²) in [4.78, 5) is 0. The molecule has 2 bridgehead atoms. The van der Waals surface area contributed by atoms with E-state index >= 15 is 0 Å². The van der Waals surface area contributed by atoms with E-state index in [2.05, 4.69) is 6.92 Å². The molecule has 0 unspecified atom stereocenters. The molecule has 58 valence electrons. The van der Waals surface area contributed by atoms with E-state index in [0.717, 1.165) is 18.3 Å². The molecule has 0 aromatic heterocycles. The van der Waals surface area contributed by atoms with E-state index in [1.165, 1.54) is 19.3 Å². The monoisotopic (exact) mass is 140 g/mol. The van der Waals surface area contributed by atoms with Gasteiger partial charge in [0.2, 0.25) is 0 Å². The number of hydrogen-bond donors (Lipinski definition) is 1. The smallest absolute Gasteiger partial charge is 0.0573 e. The highest BCUT2D eigenvalue weighted by Gasteiger charge is 2.44. The summed E-state index contributed by atoms with van der Waals surface area (Å²) in [5, 5.41) is 9.52. The summed E-state index contributed by atoms with van der Waals surface area (Å²) >= 11 is 0. The summed E-state index contributed by atoms with van der Waals surface area (Å²) in [6, 6.07) is 0. The van der Waals surface area contributed by atoms with E-state index in [4.69, 9.17) is 0 Å². The minimum absolute atomic E-state index is 0.0590. The van der Waals surface area contributed by atoms with Gasteiger partial charge in [-0.15, -0.1) is 0 Å². The van der Waals surface area contributed by atoms with Gasteiger partial charge in [-0.3, -0.25) is 0 Å². The maximum absolute atomic E-state index is 9.52. The van der Waals surface area contributed by atoms with Crippen LogP contribution in [0.4, 0.5) is 0 Å². The molecular formula is C9H16O. The van der Waals surface area contributed by atoms with Gasteiger partial charge in [0, 0.05) is 0 Å². The first-order valence-electron chi connectivity index (χ1n) is 4.49. The number of aliphatic hydroxyl groups excluding tert-OH is 1. The third-order valence-electron chi connectivity index (χ3n) is 3.44. The summed E-state index contributed by atoms with van der Waals surface area (Å²) in [7, 11) is 0. The zero-order chi connectivity index (χ0) is 7.14. The van der Waals surface area contributed by atoms with Crippen molar-refractivity contribution in [3.05, 3.63) is 0 Å². The van der Waals surface area contributed by atoms with Crippen LogP contribution < -0.4 is 0 Å². The lowest BCUT2D eigenvalue weighted by Crippen LogP contribution is -2.23. The van der Waals surface area contributed by atoms with Gasteiger partial charge in [-0.2, -0.15) is 0 Å². The van der Waals surface area contributed by atoms with Crippen LogP contribution in [0, 0.1) is 17.8 Å². The van der Waals surface area contributed by atoms with Gasteiger partial charge < -0.3 is 5.11 Å². The summed E-state index contributed by atoms with van der Waals surface area (Å²) < 4.78 is 0. The molecule has 1 nitrogen and oxygen atoms in total. The SMILES string of the molecule is CC[C@H]1C[C@H]2C[C@@H]1[C@@H](O)C2. The highest BCUT2D eigenvalue weighted by molar-refractivity contribution is 4.94. The van der Waals surface area contributed by atoms with Crippen molar-refractivity contribution in [2.75, 3.05) is 0 Å². The van der Waals surface area contributed by atoms with Gasteiger partial charge in [-0.25, -0.2) is 0 Å². The highest BCUT2D eigenvalue weighted by atomic mass is 16.3. The molecule has 2 saturated carbocycles. The van der Waals surface area contributed by atoms with Gasteiger partial charge in [0.05, 0.1) is 6.10 Å². The fourth-order valence-electron chi connectivity index (χ4n) is 2.93. The Bertz CT molecular complexity index is 131. The predicted octanol–water partition coefficient (Wildman–Crippen LogP) is 1.80. The van der Waals surface area contributed by atoms with Crippen LogP contribution in [0.5, 0.6) is 0 Å². The molecule has 0 aromatic rings. The Morgan fingerprint density at radius 2 is 2.10 bits per heavy atom. The molecule has 10 heavy (non-hydrogen) atoms. The molecule has 0 aromatic carbocycles. The Balaban J connectivity index is 2.06. The molecule has 0 heterocycles. The van der Waals surface area contributed by atoms with Gasteiger partial charge in [0.15, 0.2) is 0 Å². The molecule has 2 aliphatic rings. The Labute approximate surface area is 62.4 Å². The second-order valence-electron chi connectivity index (χ2n) is 3.97. The Hall–Kier alpha value is -0.0400. The largest absolute Gasteiger partial charge is 0.393 e. The van der Waals surface area contributed by atoms with Gasteiger partial charge in [0.25, 0.3) is 0 Å². The minimum atomic E-state index is 0.0590. The van der Waals surface area contributed by atoms with Gasteiger partial charge in [-0.05, 0) is 37.0 Å². The lowest BCUT2D eigenvalue weighted by Gasteiger charge is -2.24.